The molecule has 1 heterocycles. The van der Waals surface area contributed by atoms with Crippen molar-refractivity contribution in [1.82, 2.24) is 0 Å². The molecule has 0 radical (unpaired) electrons. The average molecular weight is 248 g/mol. The van der Waals surface area contributed by atoms with Gasteiger partial charge in [0.15, 0.2) is 6.10 Å². The first-order chi connectivity index (χ1) is 8.78. The van der Waals surface area contributed by atoms with Crippen molar-refractivity contribution in [1.29, 1.82) is 0 Å². The van der Waals surface area contributed by atoms with Crippen molar-refractivity contribution < 1.29 is 19.0 Å². The highest BCUT2D eigenvalue weighted by Crippen LogP contribution is 2.40. The predicted molar refractivity (Wildman–Crippen MR) is 64.3 cm³/mol. The molecule has 2 atom stereocenters. The SMILES string of the molecule is COc1ccc(C2OC2C(=O)OC2CCC2)cc1. The standard InChI is InChI=1S/C14H16O4/c1-16-10-7-5-9(6-8-10)12-13(18-12)14(15)17-11-3-2-4-11/h5-8,11-13H,2-4H2,1H3. The van der Waals surface area contributed by atoms with E-state index in [4.69, 9.17) is 14.2 Å². The molecular formula is C14H16O4. The van der Waals surface area contributed by atoms with Crippen LogP contribution in [0.25, 0.3) is 0 Å². The number of carbonyl (C=O) groups is 1. The monoisotopic (exact) mass is 248 g/mol. The summed E-state index contributed by atoms with van der Waals surface area (Å²) >= 11 is 0. The van der Waals surface area contributed by atoms with Crippen molar-refractivity contribution in [2.45, 2.75) is 37.6 Å². The van der Waals surface area contributed by atoms with E-state index < -0.39 is 6.10 Å². The topological polar surface area (TPSA) is 48.1 Å². The normalized spacial score (nSPS) is 26.3. The lowest BCUT2D eigenvalue weighted by Gasteiger charge is -2.24. The van der Waals surface area contributed by atoms with Crippen LogP contribution < -0.4 is 4.74 Å². The van der Waals surface area contributed by atoms with Crippen LogP contribution in [-0.2, 0) is 14.3 Å². The number of rotatable bonds is 4. The van der Waals surface area contributed by atoms with Crippen molar-refractivity contribution in [2.24, 2.45) is 0 Å². The molecular weight excluding hydrogens is 232 g/mol. The summed E-state index contributed by atoms with van der Waals surface area (Å²) in [6.07, 6.45) is 2.70. The summed E-state index contributed by atoms with van der Waals surface area (Å²) in [6, 6.07) is 7.57. The fraction of sp³-hybridized carbons (Fsp3) is 0.500. The van der Waals surface area contributed by atoms with E-state index in [1.165, 1.54) is 0 Å². The van der Waals surface area contributed by atoms with Crippen LogP contribution in [0, 0.1) is 0 Å². The molecule has 1 saturated carbocycles. The van der Waals surface area contributed by atoms with Gasteiger partial charge in [-0.1, -0.05) is 12.1 Å². The summed E-state index contributed by atoms with van der Waals surface area (Å²) < 4.78 is 15.8. The van der Waals surface area contributed by atoms with E-state index in [1.54, 1.807) is 7.11 Å². The molecule has 0 amide bonds. The Morgan fingerprint density at radius 2 is 2.00 bits per heavy atom. The largest absolute Gasteiger partial charge is 0.497 e. The first-order valence-electron chi connectivity index (χ1n) is 6.28. The zero-order valence-electron chi connectivity index (χ0n) is 10.3. The van der Waals surface area contributed by atoms with Gasteiger partial charge in [0.2, 0.25) is 0 Å². The zero-order valence-corrected chi connectivity index (χ0v) is 10.3. The molecule has 1 aliphatic carbocycles. The van der Waals surface area contributed by atoms with Crippen LogP contribution in [0.4, 0.5) is 0 Å². The van der Waals surface area contributed by atoms with Gasteiger partial charge in [0.25, 0.3) is 0 Å². The van der Waals surface area contributed by atoms with Gasteiger partial charge in [0.05, 0.1) is 7.11 Å². The Bertz CT molecular complexity index is 436. The highest BCUT2D eigenvalue weighted by Gasteiger charge is 2.48. The molecule has 1 aliphatic heterocycles. The van der Waals surface area contributed by atoms with Crippen molar-refractivity contribution >= 4 is 5.97 Å². The van der Waals surface area contributed by atoms with E-state index in [9.17, 15) is 4.79 Å². The first kappa shape index (κ1) is 11.5. The summed E-state index contributed by atoms with van der Waals surface area (Å²) in [5, 5.41) is 0. The average Bonchev–Trinajstić information content (AvgIpc) is 3.14. The summed E-state index contributed by atoms with van der Waals surface area (Å²) in [5.41, 5.74) is 0.992. The Morgan fingerprint density at radius 1 is 1.28 bits per heavy atom. The summed E-state index contributed by atoms with van der Waals surface area (Å²) in [5.74, 6) is 0.577. The number of methoxy groups -OCH3 is 1. The quantitative estimate of drug-likeness (QED) is 0.605. The Balaban J connectivity index is 1.57. The molecule has 0 spiro atoms. The molecule has 96 valence electrons. The van der Waals surface area contributed by atoms with Crippen LogP contribution in [-0.4, -0.2) is 25.3 Å². The summed E-state index contributed by atoms with van der Waals surface area (Å²) in [4.78, 5) is 11.7. The smallest absolute Gasteiger partial charge is 0.338 e. The molecule has 2 fully saturated rings. The lowest BCUT2D eigenvalue weighted by Crippen LogP contribution is -2.27. The van der Waals surface area contributed by atoms with E-state index in [1.807, 2.05) is 24.3 Å². The molecule has 3 rings (SSSR count). The first-order valence-corrected chi connectivity index (χ1v) is 6.28. The molecule has 18 heavy (non-hydrogen) atoms. The molecule has 2 unspecified atom stereocenters. The molecule has 4 nitrogen and oxygen atoms in total. The molecule has 0 N–H and O–H groups in total. The molecule has 0 aromatic heterocycles. The number of hydrogen-bond donors (Lipinski definition) is 0. The fourth-order valence-electron chi connectivity index (χ4n) is 2.06. The van der Waals surface area contributed by atoms with E-state index in [2.05, 4.69) is 0 Å². The summed E-state index contributed by atoms with van der Waals surface area (Å²) in [6.45, 7) is 0. The maximum absolute atomic E-state index is 11.7. The molecule has 0 bridgehead atoms. The van der Waals surface area contributed by atoms with Crippen molar-refractivity contribution in [2.75, 3.05) is 7.11 Å². The maximum atomic E-state index is 11.7. The lowest BCUT2D eigenvalue weighted by atomic mass is 9.96. The second-order valence-electron chi connectivity index (χ2n) is 4.74. The van der Waals surface area contributed by atoms with Crippen molar-refractivity contribution in [3.8, 4) is 5.75 Å². The Labute approximate surface area is 106 Å². The fourth-order valence-corrected chi connectivity index (χ4v) is 2.06. The van der Waals surface area contributed by atoms with Gasteiger partial charge in [0, 0.05) is 0 Å². The predicted octanol–water partition coefficient (Wildman–Crippen LogP) is 2.23. The van der Waals surface area contributed by atoms with Crippen LogP contribution >= 0.6 is 0 Å². The third kappa shape index (κ3) is 2.20. The minimum atomic E-state index is -0.418. The van der Waals surface area contributed by atoms with Crippen LogP contribution in [0.5, 0.6) is 5.75 Å². The Morgan fingerprint density at radius 3 is 2.56 bits per heavy atom. The lowest BCUT2D eigenvalue weighted by molar-refractivity contribution is -0.154. The molecule has 1 aromatic rings. The van der Waals surface area contributed by atoms with Gasteiger partial charge in [-0.25, -0.2) is 4.79 Å². The second kappa shape index (κ2) is 4.61. The Hall–Kier alpha value is -1.55. The van der Waals surface area contributed by atoms with Crippen LogP contribution in [0.3, 0.4) is 0 Å². The van der Waals surface area contributed by atoms with Crippen LogP contribution in [0.2, 0.25) is 0 Å². The maximum Gasteiger partial charge on any atom is 0.338 e. The van der Waals surface area contributed by atoms with Gasteiger partial charge in [-0.05, 0) is 37.0 Å². The van der Waals surface area contributed by atoms with E-state index in [0.29, 0.717) is 0 Å². The number of epoxide rings is 1. The van der Waals surface area contributed by atoms with E-state index in [0.717, 1.165) is 30.6 Å². The van der Waals surface area contributed by atoms with Gasteiger partial charge < -0.3 is 14.2 Å². The highest BCUT2D eigenvalue weighted by molar-refractivity contribution is 5.78. The van der Waals surface area contributed by atoms with Gasteiger partial charge in [-0.2, -0.15) is 0 Å². The molecule has 1 saturated heterocycles. The molecule has 4 heteroatoms. The van der Waals surface area contributed by atoms with Gasteiger partial charge in [-0.15, -0.1) is 0 Å². The zero-order chi connectivity index (χ0) is 12.5. The third-order valence-electron chi connectivity index (χ3n) is 3.50. The molecule has 2 aliphatic rings. The van der Waals surface area contributed by atoms with Crippen molar-refractivity contribution in [3.63, 3.8) is 0 Å². The van der Waals surface area contributed by atoms with Gasteiger partial charge >= 0.3 is 5.97 Å². The van der Waals surface area contributed by atoms with E-state index in [-0.39, 0.29) is 18.2 Å². The molecule has 1 aromatic carbocycles. The van der Waals surface area contributed by atoms with Gasteiger partial charge in [-0.3, -0.25) is 0 Å². The number of hydrogen-bond acceptors (Lipinski definition) is 4. The minimum Gasteiger partial charge on any atom is -0.497 e. The summed E-state index contributed by atoms with van der Waals surface area (Å²) in [7, 11) is 1.63. The highest BCUT2D eigenvalue weighted by atomic mass is 16.6. The third-order valence-corrected chi connectivity index (χ3v) is 3.50. The minimum absolute atomic E-state index is 0.123. The second-order valence-corrected chi connectivity index (χ2v) is 4.74. The number of carbonyl (C=O) groups excluding carboxylic acids is 1. The van der Waals surface area contributed by atoms with Crippen molar-refractivity contribution in [3.05, 3.63) is 29.8 Å². The number of esters is 1. The number of ether oxygens (including phenoxy) is 3. The van der Waals surface area contributed by atoms with Gasteiger partial charge in [0.1, 0.15) is 18.0 Å². The van der Waals surface area contributed by atoms with E-state index >= 15 is 0 Å². The Kier molecular flexibility index (Phi) is 2.96. The number of benzene rings is 1. The van der Waals surface area contributed by atoms with Crippen LogP contribution in [0.1, 0.15) is 30.9 Å². The van der Waals surface area contributed by atoms with Crippen LogP contribution in [0.15, 0.2) is 24.3 Å².